The standard InChI is InChI=1S/C10H21ClN2O4S/c1-10(2,3)17-9(14)12-6-7-13-18(15,16)8-4-5-11/h13H,4-8H2,1-3H3,(H,12,14). The molecule has 0 aromatic rings. The smallest absolute Gasteiger partial charge is 0.407 e. The summed E-state index contributed by atoms with van der Waals surface area (Å²) < 4.78 is 30.0. The molecule has 18 heavy (non-hydrogen) atoms. The minimum atomic E-state index is -3.30. The summed E-state index contributed by atoms with van der Waals surface area (Å²) in [5.74, 6) is 0.292. The molecular formula is C10H21ClN2O4S. The molecule has 0 radical (unpaired) electrons. The molecule has 0 saturated carbocycles. The first-order valence-electron chi connectivity index (χ1n) is 5.66. The first-order chi connectivity index (χ1) is 8.16. The fourth-order valence-corrected chi connectivity index (χ4v) is 2.38. The van der Waals surface area contributed by atoms with Crippen molar-refractivity contribution in [2.45, 2.75) is 32.8 Å². The number of hydrogen-bond donors (Lipinski definition) is 2. The summed E-state index contributed by atoms with van der Waals surface area (Å²) in [5, 5.41) is 2.45. The zero-order chi connectivity index (χ0) is 14.2. The van der Waals surface area contributed by atoms with Crippen LogP contribution < -0.4 is 10.0 Å². The van der Waals surface area contributed by atoms with Crippen LogP contribution in [0, 0.1) is 0 Å². The molecule has 0 aliphatic carbocycles. The number of ether oxygens (including phenoxy) is 1. The van der Waals surface area contributed by atoms with Crippen molar-refractivity contribution < 1.29 is 17.9 Å². The lowest BCUT2D eigenvalue weighted by molar-refractivity contribution is 0.0529. The van der Waals surface area contributed by atoms with Crippen molar-refractivity contribution in [1.29, 1.82) is 0 Å². The number of carbonyl (C=O) groups excluding carboxylic acids is 1. The Morgan fingerprint density at radius 3 is 2.39 bits per heavy atom. The Labute approximate surface area is 113 Å². The molecule has 0 aliphatic rings. The minimum Gasteiger partial charge on any atom is -0.444 e. The zero-order valence-corrected chi connectivity index (χ0v) is 12.5. The van der Waals surface area contributed by atoms with Crippen molar-refractivity contribution in [3.8, 4) is 0 Å². The van der Waals surface area contributed by atoms with Crippen LogP contribution in [-0.2, 0) is 14.8 Å². The highest BCUT2D eigenvalue weighted by molar-refractivity contribution is 7.89. The van der Waals surface area contributed by atoms with Crippen molar-refractivity contribution in [3.63, 3.8) is 0 Å². The van der Waals surface area contributed by atoms with E-state index in [0.717, 1.165) is 0 Å². The van der Waals surface area contributed by atoms with Gasteiger partial charge in [-0.3, -0.25) is 0 Å². The van der Waals surface area contributed by atoms with Crippen LogP contribution >= 0.6 is 11.6 Å². The number of sulfonamides is 1. The Hall–Kier alpha value is -0.530. The molecule has 0 aromatic heterocycles. The number of carbonyl (C=O) groups is 1. The molecule has 0 fully saturated rings. The van der Waals surface area contributed by atoms with Crippen LogP contribution in [0.2, 0.25) is 0 Å². The quantitative estimate of drug-likeness (QED) is 0.544. The van der Waals surface area contributed by atoms with Crippen molar-refractivity contribution in [2.24, 2.45) is 0 Å². The minimum absolute atomic E-state index is 0.0110. The predicted octanol–water partition coefficient (Wildman–Crippen LogP) is 1.06. The molecule has 0 atom stereocenters. The van der Waals surface area contributed by atoms with Gasteiger partial charge >= 0.3 is 6.09 Å². The van der Waals surface area contributed by atoms with E-state index < -0.39 is 21.7 Å². The first-order valence-corrected chi connectivity index (χ1v) is 7.85. The maximum atomic E-state index is 11.3. The number of halogens is 1. The lowest BCUT2D eigenvalue weighted by atomic mass is 10.2. The number of alkyl carbamates (subject to hydrolysis) is 1. The molecule has 0 aliphatic heterocycles. The Balaban J connectivity index is 3.77. The normalized spacial score (nSPS) is 12.2. The third-order valence-corrected chi connectivity index (χ3v) is 3.40. The molecule has 0 heterocycles. The van der Waals surface area contributed by atoms with E-state index in [1.807, 2.05) is 0 Å². The van der Waals surface area contributed by atoms with Gasteiger partial charge in [0.1, 0.15) is 5.60 Å². The molecule has 2 N–H and O–H groups in total. The lowest BCUT2D eigenvalue weighted by Gasteiger charge is -2.19. The SMILES string of the molecule is CC(C)(C)OC(=O)NCCNS(=O)(=O)CCCCl. The van der Waals surface area contributed by atoms with Crippen molar-refractivity contribution >= 4 is 27.7 Å². The Kier molecular flexibility index (Phi) is 7.58. The Morgan fingerprint density at radius 1 is 1.28 bits per heavy atom. The summed E-state index contributed by atoms with van der Waals surface area (Å²) in [7, 11) is -3.30. The van der Waals surface area contributed by atoms with Gasteiger partial charge in [-0.2, -0.15) is 0 Å². The van der Waals surface area contributed by atoms with Crippen LogP contribution in [-0.4, -0.2) is 44.8 Å². The highest BCUT2D eigenvalue weighted by atomic mass is 35.5. The van der Waals surface area contributed by atoms with E-state index in [1.54, 1.807) is 20.8 Å². The van der Waals surface area contributed by atoms with Crippen LogP contribution in [0.1, 0.15) is 27.2 Å². The molecule has 0 saturated heterocycles. The lowest BCUT2D eigenvalue weighted by Crippen LogP contribution is -2.38. The van der Waals surface area contributed by atoms with Gasteiger partial charge in [0, 0.05) is 19.0 Å². The maximum absolute atomic E-state index is 11.3. The molecule has 0 unspecified atom stereocenters. The third kappa shape index (κ3) is 10.6. The first kappa shape index (κ1) is 17.5. The van der Waals surface area contributed by atoms with E-state index in [0.29, 0.717) is 12.3 Å². The van der Waals surface area contributed by atoms with Crippen LogP contribution in [0.3, 0.4) is 0 Å². The van der Waals surface area contributed by atoms with Crippen molar-refractivity contribution in [3.05, 3.63) is 0 Å². The van der Waals surface area contributed by atoms with E-state index in [4.69, 9.17) is 16.3 Å². The predicted molar refractivity (Wildman–Crippen MR) is 71.4 cm³/mol. The number of rotatable bonds is 7. The second kappa shape index (κ2) is 7.81. The Morgan fingerprint density at radius 2 is 1.89 bits per heavy atom. The molecule has 1 amide bonds. The fraction of sp³-hybridized carbons (Fsp3) is 0.900. The maximum Gasteiger partial charge on any atom is 0.407 e. The summed E-state index contributed by atoms with van der Waals surface area (Å²) in [5.41, 5.74) is -0.566. The Bertz CT molecular complexity index is 351. The summed E-state index contributed by atoms with van der Waals surface area (Å²) in [4.78, 5) is 11.2. The van der Waals surface area contributed by atoms with Crippen LogP contribution in [0.4, 0.5) is 4.79 Å². The average molecular weight is 301 g/mol. The van der Waals surface area contributed by atoms with E-state index in [1.165, 1.54) is 0 Å². The van der Waals surface area contributed by atoms with Gasteiger partial charge in [-0.15, -0.1) is 11.6 Å². The summed E-state index contributed by atoms with van der Waals surface area (Å²) in [6.07, 6.45) is -0.168. The molecule has 0 rings (SSSR count). The van der Waals surface area contributed by atoms with Gasteiger partial charge in [0.15, 0.2) is 0 Å². The van der Waals surface area contributed by atoms with Crippen molar-refractivity contribution in [2.75, 3.05) is 24.7 Å². The van der Waals surface area contributed by atoms with E-state index in [-0.39, 0.29) is 18.8 Å². The molecule has 8 heteroatoms. The highest BCUT2D eigenvalue weighted by Crippen LogP contribution is 2.05. The van der Waals surface area contributed by atoms with E-state index in [9.17, 15) is 13.2 Å². The molecule has 0 bridgehead atoms. The summed E-state index contributed by atoms with van der Waals surface area (Å²) >= 11 is 5.41. The van der Waals surface area contributed by atoms with Crippen LogP contribution in [0.25, 0.3) is 0 Å². The summed E-state index contributed by atoms with van der Waals surface area (Å²) in [6, 6.07) is 0. The largest absolute Gasteiger partial charge is 0.444 e. The van der Waals surface area contributed by atoms with Crippen molar-refractivity contribution in [1.82, 2.24) is 10.0 Å². The zero-order valence-electron chi connectivity index (χ0n) is 11.0. The molecule has 6 nitrogen and oxygen atoms in total. The van der Waals surface area contributed by atoms with Crippen LogP contribution in [0.15, 0.2) is 0 Å². The van der Waals surface area contributed by atoms with Gasteiger partial charge in [-0.1, -0.05) is 0 Å². The van der Waals surface area contributed by atoms with E-state index in [2.05, 4.69) is 10.0 Å². The fourth-order valence-electron chi connectivity index (χ4n) is 1.00. The third-order valence-electron chi connectivity index (χ3n) is 1.66. The van der Waals surface area contributed by atoms with Gasteiger partial charge in [-0.25, -0.2) is 17.9 Å². The van der Waals surface area contributed by atoms with E-state index >= 15 is 0 Å². The van der Waals surface area contributed by atoms with Gasteiger partial charge in [0.2, 0.25) is 10.0 Å². The van der Waals surface area contributed by atoms with Gasteiger partial charge < -0.3 is 10.1 Å². The average Bonchev–Trinajstić information content (AvgIpc) is 2.19. The number of amides is 1. The number of nitrogens with one attached hydrogen (secondary N) is 2. The van der Waals surface area contributed by atoms with Gasteiger partial charge in [0.25, 0.3) is 0 Å². The molecular weight excluding hydrogens is 280 g/mol. The highest BCUT2D eigenvalue weighted by Gasteiger charge is 2.15. The second-order valence-corrected chi connectivity index (χ2v) is 6.99. The molecule has 0 spiro atoms. The number of hydrogen-bond acceptors (Lipinski definition) is 4. The topological polar surface area (TPSA) is 84.5 Å². The number of alkyl halides is 1. The monoisotopic (exact) mass is 300 g/mol. The van der Waals surface area contributed by atoms with Crippen LogP contribution in [0.5, 0.6) is 0 Å². The second-order valence-electron chi connectivity index (χ2n) is 4.68. The van der Waals surface area contributed by atoms with Gasteiger partial charge in [0.05, 0.1) is 5.75 Å². The summed E-state index contributed by atoms with van der Waals surface area (Å²) in [6.45, 7) is 5.56. The van der Waals surface area contributed by atoms with Gasteiger partial charge in [-0.05, 0) is 27.2 Å². The molecule has 108 valence electrons. The molecule has 0 aromatic carbocycles.